The van der Waals surface area contributed by atoms with Crippen molar-refractivity contribution < 1.29 is 0 Å². The van der Waals surface area contributed by atoms with Crippen molar-refractivity contribution in [2.75, 3.05) is 0 Å². The van der Waals surface area contributed by atoms with E-state index in [-0.39, 0.29) is 0 Å². The Morgan fingerprint density at radius 2 is 1.76 bits per heavy atom. The van der Waals surface area contributed by atoms with E-state index in [0.717, 1.165) is 29.7 Å². The van der Waals surface area contributed by atoms with E-state index in [4.69, 9.17) is 0 Å². The zero-order valence-corrected chi connectivity index (χ0v) is 11.4. The molecule has 3 aliphatic rings. The molecule has 0 aliphatic heterocycles. The molecule has 4 unspecified atom stereocenters. The number of hydrogen-bond donors (Lipinski definition) is 1. The van der Waals surface area contributed by atoms with Crippen LogP contribution in [0.4, 0.5) is 0 Å². The van der Waals surface area contributed by atoms with Crippen molar-refractivity contribution >= 4 is 0 Å². The average Bonchev–Trinajstić information content (AvgIpc) is 3.05. The van der Waals surface area contributed by atoms with E-state index < -0.39 is 0 Å². The molecular formula is C16H27N. The minimum Gasteiger partial charge on any atom is -0.311 e. The van der Waals surface area contributed by atoms with Gasteiger partial charge in [0, 0.05) is 12.1 Å². The van der Waals surface area contributed by atoms with E-state index in [1.165, 1.54) is 38.5 Å². The second-order valence-electron chi connectivity index (χ2n) is 6.73. The molecule has 2 saturated carbocycles. The maximum absolute atomic E-state index is 3.91. The summed E-state index contributed by atoms with van der Waals surface area (Å²) in [6, 6.07) is 1.45. The zero-order valence-electron chi connectivity index (χ0n) is 11.4. The number of hydrogen-bond acceptors (Lipinski definition) is 1. The highest BCUT2D eigenvalue weighted by Gasteiger charge is 2.39. The highest BCUT2D eigenvalue weighted by molar-refractivity contribution is 5.11. The van der Waals surface area contributed by atoms with Crippen LogP contribution in [0.3, 0.4) is 0 Å². The lowest BCUT2D eigenvalue weighted by atomic mass is 9.86. The summed E-state index contributed by atoms with van der Waals surface area (Å²) in [5, 5.41) is 3.91. The summed E-state index contributed by atoms with van der Waals surface area (Å²) in [6.45, 7) is 4.83. The molecule has 5 atom stereocenters. The summed E-state index contributed by atoms with van der Waals surface area (Å²) in [5.41, 5.74) is 0. The van der Waals surface area contributed by atoms with E-state index >= 15 is 0 Å². The van der Waals surface area contributed by atoms with E-state index in [0.29, 0.717) is 6.04 Å². The first kappa shape index (κ1) is 11.8. The summed E-state index contributed by atoms with van der Waals surface area (Å²) in [6.07, 6.45) is 13.6. The fourth-order valence-electron chi connectivity index (χ4n) is 4.53. The van der Waals surface area contributed by atoms with Gasteiger partial charge in [0.15, 0.2) is 0 Å². The summed E-state index contributed by atoms with van der Waals surface area (Å²) in [7, 11) is 0. The summed E-state index contributed by atoms with van der Waals surface area (Å²) in [5.74, 6) is 3.66. The third-order valence-corrected chi connectivity index (χ3v) is 5.61. The minimum atomic E-state index is 0.713. The van der Waals surface area contributed by atoms with Gasteiger partial charge in [-0.05, 0) is 63.2 Å². The van der Waals surface area contributed by atoms with Crippen LogP contribution in [0.2, 0.25) is 0 Å². The molecule has 0 aromatic heterocycles. The van der Waals surface area contributed by atoms with Gasteiger partial charge in [0.05, 0.1) is 0 Å². The summed E-state index contributed by atoms with van der Waals surface area (Å²) < 4.78 is 0. The lowest BCUT2D eigenvalue weighted by Crippen LogP contribution is -2.43. The third kappa shape index (κ3) is 2.31. The van der Waals surface area contributed by atoms with Gasteiger partial charge in [-0.1, -0.05) is 25.0 Å². The molecule has 0 spiro atoms. The number of allylic oxidation sites excluding steroid dienone is 2. The SMILES string of the molecule is CC(N[C@@H](C)C1CCCC1)C1CC2C=CC1C2. The average molecular weight is 233 g/mol. The lowest BCUT2D eigenvalue weighted by Gasteiger charge is -2.31. The third-order valence-electron chi connectivity index (χ3n) is 5.61. The molecule has 1 heteroatoms. The van der Waals surface area contributed by atoms with Gasteiger partial charge < -0.3 is 5.32 Å². The van der Waals surface area contributed by atoms with Crippen molar-refractivity contribution in [3.63, 3.8) is 0 Å². The smallest absolute Gasteiger partial charge is 0.00754 e. The molecule has 0 aromatic rings. The normalized spacial score (nSPS) is 40.0. The number of fused-ring (bicyclic) bond motifs is 2. The highest BCUT2D eigenvalue weighted by Crippen LogP contribution is 2.45. The van der Waals surface area contributed by atoms with Gasteiger partial charge in [0.25, 0.3) is 0 Å². The first-order valence-electron chi connectivity index (χ1n) is 7.68. The molecule has 3 aliphatic carbocycles. The van der Waals surface area contributed by atoms with E-state index in [1.807, 2.05) is 0 Å². The fraction of sp³-hybridized carbons (Fsp3) is 0.875. The Morgan fingerprint density at radius 1 is 1.00 bits per heavy atom. The Balaban J connectivity index is 1.52. The van der Waals surface area contributed by atoms with Crippen molar-refractivity contribution in [3.8, 4) is 0 Å². The van der Waals surface area contributed by atoms with Crippen molar-refractivity contribution in [3.05, 3.63) is 12.2 Å². The second-order valence-corrected chi connectivity index (χ2v) is 6.73. The van der Waals surface area contributed by atoms with Crippen LogP contribution in [0, 0.1) is 23.7 Å². The Kier molecular flexibility index (Phi) is 3.30. The maximum atomic E-state index is 3.91. The molecule has 1 N–H and O–H groups in total. The highest BCUT2D eigenvalue weighted by atomic mass is 15.0. The van der Waals surface area contributed by atoms with E-state index in [1.54, 1.807) is 0 Å². The molecule has 2 fully saturated rings. The fourth-order valence-corrected chi connectivity index (χ4v) is 4.53. The van der Waals surface area contributed by atoms with Crippen molar-refractivity contribution in [1.29, 1.82) is 0 Å². The van der Waals surface area contributed by atoms with Crippen LogP contribution < -0.4 is 5.32 Å². The molecule has 2 bridgehead atoms. The van der Waals surface area contributed by atoms with Crippen molar-refractivity contribution in [2.24, 2.45) is 23.7 Å². The molecular weight excluding hydrogens is 206 g/mol. The minimum absolute atomic E-state index is 0.713. The van der Waals surface area contributed by atoms with Gasteiger partial charge in [0.2, 0.25) is 0 Å². The molecule has 17 heavy (non-hydrogen) atoms. The van der Waals surface area contributed by atoms with E-state index in [9.17, 15) is 0 Å². The lowest BCUT2D eigenvalue weighted by molar-refractivity contribution is 0.269. The van der Waals surface area contributed by atoms with Crippen LogP contribution in [0.25, 0.3) is 0 Å². The van der Waals surface area contributed by atoms with E-state index in [2.05, 4.69) is 31.3 Å². The molecule has 0 aromatic carbocycles. The molecule has 0 saturated heterocycles. The van der Waals surface area contributed by atoms with Crippen molar-refractivity contribution in [2.45, 2.75) is 64.5 Å². The van der Waals surface area contributed by atoms with Gasteiger partial charge in [-0.2, -0.15) is 0 Å². The summed E-state index contributed by atoms with van der Waals surface area (Å²) in [4.78, 5) is 0. The Labute approximate surface area is 106 Å². The second kappa shape index (κ2) is 4.76. The largest absolute Gasteiger partial charge is 0.311 e. The van der Waals surface area contributed by atoms with Gasteiger partial charge in [-0.3, -0.25) is 0 Å². The number of nitrogens with one attached hydrogen (secondary N) is 1. The van der Waals surface area contributed by atoms with Crippen LogP contribution in [-0.2, 0) is 0 Å². The van der Waals surface area contributed by atoms with Crippen LogP contribution in [0.1, 0.15) is 52.4 Å². The van der Waals surface area contributed by atoms with Crippen LogP contribution >= 0.6 is 0 Å². The topological polar surface area (TPSA) is 12.0 Å². The van der Waals surface area contributed by atoms with Gasteiger partial charge >= 0.3 is 0 Å². The molecule has 0 radical (unpaired) electrons. The molecule has 0 amide bonds. The van der Waals surface area contributed by atoms with Gasteiger partial charge in [0.1, 0.15) is 0 Å². The first-order chi connectivity index (χ1) is 8.24. The van der Waals surface area contributed by atoms with Crippen molar-refractivity contribution in [1.82, 2.24) is 5.32 Å². The molecule has 0 heterocycles. The number of rotatable bonds is 4. The maximum Gasteiger partial charge on any atom is 0.00754 e. The predicted octanol–water partition coefficient (Wildman–Crippen LogP) is 3.76. The van der Waals surface area contributed by atoms with Gasteiger partial charge in [-0.15, -0.1) is 0 Å². The molecule has 3 rings (SSSR count). The Bertz CT molecular complexity index is 290. The Hall–Kier alpha value is -0.300. The molecule has 96 valence electrons. The Morgan fingerprint density at radius 3 is 2.35 bits per heavy atom. The standard InChI is InChI=1S/C16H27N/c1-11(14-5-3-4-6-14)17-12(2)16-10-13-7-8-15(16)9-13/h7-8,11-17H,3-6,9-10H2,1-2H3/t11-,12?,13?,15?,16?/m0/s1. The monoisotopic (exact) mass is 233 g/mol. The first-order valence-corrected chi connectivity index (χ1v) is 7.68. The zero-order chi connectivity index (χ0) is 11.8. The molecule has 1 nitrogen and oxygen atoms in total. The van der Waals surface area contributed by atoms with Crippen LogP contribution in [-0.4, -0.2) is 12.1 Å². The van der Waals surface area contributed by atoms with Crippen LogP contribution in [0.15, 0.2) is 12.2 Å². The van der Waals surface area contributed by atoms with Crippen LogP contribution in [0.5, 0.6) is 0 Å². The predicted molar refractivity (Wildman–Crippen MR) is 72.9 cm³/mol. The van der Waals surface area contributed by atoms with Gasteiger partial charge in [-0.25, -0.2) is 0 Å². The summed E-state index contributed by atoms with van der Waals surface area (Å²) >= 11 is 0. The quantitative estimate of drug-likeness (QED) is 0.729.